The number of rotatable bonds is 4. The molecule has 5 nitrogen and oxygen atoms in total. The van der Waals surface area contributed by atoms with E-state index >= 15 is 0 Å². The van der Waals surface area contributed by atoms with Crippen LogP contribution in [0.3, 0.4) is 0 Å². The van der Waals surface area contributed by atoms with Gasteiger partial charge in [-0.05, 0) is 37.1 Å². The van der Waals surface area contributed by atoms with Gasteiger partial charge in [-0.3, -0.25) is 9.59 Å². The molecule has 0 fully saturated rings. The van der Waals surface area contributed by atoms with E-state index in [2.05, 4.69) is 16.7 Å². The van der Waals surface area contributed by atoms with Crippen LogP contribution in [0, 0.1) is 19.8 Å². The Hall–Kier alpha value is -2.82. The van der Waals surface area contributed by atoms with Crippen molar-refractivity contribution in [3.63, 3.8) is 0 Å². The maximum Gasteiger partial charge on any atom is 0.231 e. The molecule has 5 heteroatoms. The zero-order chi connectivity index (χ0) is 17.8. The third-order valence-electron chi connectivity index (χ3n) is 4.37. The molecule has 2 amide bonds. The summed E-state index contributed by atoms with van der Waals surface area (Å²) in [6.45, 7) is 4.70. The Morgan fingerprint density at radius 3 is 2.88 bits per heavy atom. The van der Waals surface area contributed by atoms with Crippen LogP contribution in [0.1, 0.15) is 23.1 Å². The number of ether oxygens (including phenoxy) is 1. The van der Waals surface area contributed by atoms with Crippen molar-refractivity contribution in [2.24, 2.45) is 5.92 Å². The average molecular weight is 338 g/mol. The molecule has 2 aromatic carbocycles. The lowest BCUT2D eigenvalue weighted by Gasteiger charge is -2.13. The molecule has 0 aromatic heterocycles. The van der Waals surface area contributed by atoms with E-state index in [9.17, 15) is 9.59 Å². The van der Waals surface area contributed by atoms with Crippen LogP contribution in [0.4, 0.5) is 5.69 Å². The van der Waals surface area contributed by atoms with E-state index in [1.807, 2.05) is 38.1 Å². The van der Waals surface area contributed by atoms with Crippen LogP contribution in [-0.4, -0.2) is 18.4 Å². The molecular formula is C20H22N2O3. The number of carbonyl (C=O) groups excluding carboxylic acids is 2. The molecule has 0 bridgehead atoms. The average Bonchev–Trinajstić information content (AvgIpc) is 2.75. The van der Waals surface area contributed by atoms with Crippen molar-refractivity contribution in [3.05, 3.63) is 59.2 Å². The molecule has 0 saturated heterocycles. The van der Waals surface area contributed by atoms with Gasteiger partial charge >= 0.3 is 0 Å². The number of aryl methyl sites for hydroxylation is 2. The van der Waals surface area contributed by atoms with Crippen LogP contribution in [0.15, 0.2) is 42.5 Å². The maximum atomic E-state index is 12.3. The molecule has 2 N–H and O–H groups in total. The van der Waals surface area contributed by atoms with Gasteiger partial charge in [0.2, 0.25) is 11.8 Å². The number of hydrogen-bond donors (Lipinski definition) is 2. The molecule has 1 heterocycles. The zero-order valence-corrected chi connectivity index (χ0v) is 14.5. The van der Waals surface area contributed by atoms with Crippen LogP contribution in [0.5, 0.6) is 5.75 Å². The molecule has 1 unspecified atom stereocenters. The van der Waals surface area contributed by atoms with Crippen LogP contribution in [0.25, 0.3) is 0 Å². The minimum Gasteiger partial charge on any atom is -0.491 e. The predicted molar refractivity (Wildman–Crippen MR) is 96.4 cm³/mol. The third-order valence-corrected chi connectivity index (χ3v) is 4.37. The number of fused-ring (bicyclic) bond motifs is 1. The van der Waals surface area contributed by atoms with Gasteiger partial charge in [-0.25, -0.2) is 0 Å². The first-order valence-corrected chi connectivity index (χ1v) is 8.38. The van der Waals surface area contributed by atoms with E-state index in [4.69, 9.17) is 4.74 Å². The van der Waals surface area contributed by atoms with Crippen LogP contribution < -0.4 is 15.4 Å². The summed E-state index contributed by atoms with van der Waals surface area (Å²) in [6, 6.07) is 13.4. The smallest absolute Gasteiger partial charge is 0.231 e. The molecule has 130 valence electrons. The van der Waals surface area contributed by atoms with Gasteiger partial charge in [0.25, 0.3) is 0 Å². The van der Waals surface area contributed by atoms with E-state index < -0.39 is 5.92 Å². The quantitative estimate of drug-likeness (QED) is 0.901. The highest BCUT2D eigenvalue weighted by molar-refractivity contribution is 5.97. The monoisotopic (exact) mass is 338 g/mol. The number of benzene rings is 2. The Balaban J connectivity index is 1.58. The molecule has 2 aromatic rings. The second kappa shape index (κ2) is 7.38. The summed E-state index contributed by atoms with van der Waals surface area (Å²) in [6.07, 6.45) is 0.102. The van der Waals surface area contributed by atoms with Gasteiger partial charge < -0.3 is 15.4 Å². The maximum absolute atomic E-state index is 12.3. The molecule has 3 rings (SSSR count). The first kappa shape index (κ1) is 17.0. The summed E-state index contributed by atoms with van der Waals surface area (Å²) >= 11 is 0. The fourth-order valence-corrected chi connectivity index (χ4v) is 2.83. The van der Waals surface area contributed by atoms with Gasteiger partial charge in [0.05, 0.1) is 11.6 Å². The Labute approximate surface area is 147 Å². The normalized spacial score (nSPS) is 16.2. The number of nitrogens with one attached hydrogen (secondary N) is 2. The first-order chi connectivity index (χ1) is 12.0. The molecule has 25 heavy (non-hydrogen) atoms. The highest BCUT2D eigenvalue weighted by Gasteiger charge is 2.26. The van der Waals surface area contributed by atoms with Crippen LogP contribution in [-0.2, 0) is 16.1 Å². The topological polar surface area (TPSA) is 67.4 Å². The van der Waals surface area contributed by atoms with Gasteiger partial charge in [0.15, 0.2) is 0 Å². The molecule has 1 atom stereocenters. The Kier molecular flexibility index (Phi) is 5.03. The van der Waals surface area contributed by atoms with Gasteiger partial charge in [-0.1, -0.05) is 35.9 Å². The number of para-hydroxylation sites is 2. The number of amides is 2. The highest BCUT2D eigenvalue weighted by Crippen LogP contribution is 2.28. The van der Waals surface area contributed by atoms with Gasteiger partial charge in [-0.15, -0.1) is 0 Å². The number of carbonyl (C=O) groups is 2. The lowest BCUT2D eigenvalue weighted by molar-refractivity contribution is -0.128. The lowest BCUT2D eigenvalue weighted by Crippen LogP contribution is -2.32. The highest BCUT2D eigenvalue weighted by atomic mass is 16.5. The Bertz CT molecular complexity index is 801. The minimum absolute atomic E-state index is 0.102. The lowest BCUT2D eigenvalue weighted by atomic mass is 10.0. The third kappa shape index (κ3) is 4.18. The molecular weight excluding hydrogens is 316 g/mol. The standard InChI is InChI=1S/C20H22N2O3/c1-13-7-8-14(2)15(9-13)11-21-19(23)10-16-12-25-18-6-4-3-5-17(18)22-20(16)24/h3-9,16H,10-12H2,1-2H3,(H,21,23)(H,22,24). The van der Waals surface area contributed by atoms with Crippen molar-refractivity contribution in [2.45, 2.75) is 26.8 Å². The fraction of sp³-hybridized carbons (Fsp3) is 0.300. The largest absolute Gasteiger partial charge is 0.491 e. The van der Waals surface area contributed by atoms with Crippen LogP contribution >= 0.6 is 0 Å². The summed E-state index contributed by atoms with van der Waals surface area (Å²) in [5, 5.41) is 5.73. The number of hydrogen-bond acceptors (Lipinski definition) is 3. The fourth-order valence-electron chi connectivity index (χ4n) is 2.83. The molecule has 0 spiro atoms. The molecule has 1 aliphatic heterocycles. The zero-order valence-electron chi connectivity index (χ0n) is 14.5. The Morgan fingerprint density at radius 1 is 1.24 bits per heavy atom. The summed E-state index contributed by atoms with van der Waals surface area (Å²) in [5.74, 6) is -0.220. The van der Waals surface area contributed by atoms with Crippen molar-refractivity contribution >= 4 is 17.5 Å². The molecule has 0 radical (unpaired) electrons. The van der Waals surface area contributed by atoms with Gasteiger partial charge in [0, 0.05) is 13.0 Å². The van der Waals surface area contributed by atoms with E-state index in [0.29, 0.717) is 18.0 Å². The van der Waals surface area contributed by atoms with Crippen molar-refractivity contribution < 1.29 is 14.3 Å². The summed E-state index contributed by atoms with van der Waals surface area (Å²) in [4.78, 5) is 24.6. The Morgan fingerprint density at radius 2 is 2.04 bits per heavy atom. The number of anilines is 1. The first-order valence-electron chi connectivity index (χ1n) is 8.38. The van der Waals surface area contributed by atoms with Crippen molar-refractivity contribution in [2.75, 3.05) is 11.9 Å². The van der Waals surface area contributed by atoms with Crippen LogP contribution in [0.2, 0.25) is 0 Å². The second-order valence-electron chi connectivity index (χ2n) is 6.40. The van der Waals surface area contributed by atoms with E-state index in [1.165, 1.54) is 0 Å². The van der Waals surface area contributed by atoms with Crippen molar-refractivity contribution in [1.82, 2.24) is 5.32 Å². The van der Waals surface area contributed by atoms with E-state index in [-0.39, 0.29) is 24.8 Å². The molecule has 0 saturated carbocycles. The minimum atomic E-state index is -0.508. The molecule has 0 aliphatic carbocycles. The van der Waals surface area contributed by atoms with Crippen molar-refractivity contribution in [1.29, 1.82) is 0 Å². The van der Waals surface area contributed by atoms with Gasteiger partial charge in [0.1, 0.15) is 12.4 Å². The molecule has 1 aliphatic rings. The summed E-state index contributed by atoms with van der Waals surface area (Å²) < 4.78 is 5.67. The predicted octanol–water partition coefficient (Wildman–Crippen LogP) is 2.96. The second-order valence-corrected chi connectivity index (χ2v) is 6.40. The summed E-state index contributed by atoms with van der Waals surface area (Å²) in [7, 11) is 0. The SMILES string of the molecule is Cc1ccc(C)c(CNC(=O)CC2COc3ccccc3NC2=O)c1. The van der Waals surface area contributed by atoms with E-state index in [0.717, 1.165) is 16.7 Å². The summed E-state index contributed by atoms with van der Waals surface area (Å²) in [5.41, 5.74) is 4.02. The van der Waals surface area contributed by atoms with Crippen molar-refractivity contribution in [3.8, 4) is 5.75 Å². The van der Waals surface area contributed by atoms with Gasteiger partial charge in [-0.2, -0.15) is 0 Å². The van der Waals surface area contributed by atoms with E-state index in [1.54, 1.807) is 12.1 Å².